The summed E-state index contributed by atoms with van der Waals surface area (Å²) in [5, 5.41) is 13.1. The van der Waals surface area contributed by atoms with E-state index in [-0.39, 0.29) is 11.9 Å². The van der Waals surface area contributed by atoms with Crippen LogP contribution in [0, 0.1) is 0 Å². The van der Waals surface area contributed by atoms with Crippen LogP contribution in [0.5, 0.6) is 17.2 Å². The SMILES string of the molecule is COc1ccc(OC)c(C(C)NC(=O)CN2CCN(c3ccccc3O)CC2)c1. The summed E-state index contributed by atoms with van der Waals surface area (Å²) in [6, 6.07) is 12.7. The molecule has 0 aromatic heterocycles. The van der Waals surface area contributed by atoms with E-state index in [1.54, 1.807) is 20.3 Å². The first-order valence-corrected chi connectivity index (χ1v) is 9.78. The summed E-state index contributed by atoms with van der Waals surface area (Å²) in [6.07, 6.45) is 0. The van der Waals surface area contributed by atoms with E-state index in [2.05, 4.69) is 15.1 Å². The number of phenols is 1. The molecule has 0 bridgehead atoms. The zero-order chi connectivity index (χ0) is 20.8. The molecule has 1 saturated heterocycles. The van der Waals surface area contributed by atoms with Crippen molar-refractivity contribution >= 4 is 11.6 Å². The van der Waals surface area contributed by atoms with Crippen LogP contribution in [0.4, 0.5) is 5.69 Å². The zero-order valence-corrected chi connectivity index (χ0v) is 17.2. The molecule has 0 saturated carbocycles. The third kappa shape index (κ3) is 5.12. The number of ether oxygens (including phenoxy) is 2. The number of para-hydroxylation sites is 2. The number of rotatable bonds is 7. The van der Waals surface area contributed by atoms with Crippen LogP contribution in [0.2, 0.25) is 0 Å². The Kier molecular flexibility index (Phi) is 6.82. The highest BCUT2D eigenvalue weighted by Crippen LogP contribution is 2.29. The molecule has 0 aliphatic carbocycles. The molecular weight excluding hydrogens is 370 g/mol. The van der Waals surface area contributed by atoms with E-state index >= 15 is 0 Å². The van der Waals surface area contributed by atoms with Gasteiger partial charge in [0.25, 0.3) is 0 Å². The van der Waals surface area contributed by atoms with Gasteiger partial charge in [-0.25, -0.2) is 0 Å². The zero-order valence-electron chi connectivity index (χ0n) is 17.2. The smallest absolute Gasteiger partial charge is 0.234 e. The fourth-order valence-corrected chi connectivity index (χ4v) is 3.62. The summed E-state index contributed by atoms with van der Waals surface area (Å²) < 4.78 is 10.7. The van der Waals surface area contributed by atoms with Crippen molar-refractivity contribution in [3.05, 3.63) is 48.0 Å². The van der Waals surface area contributed by atoms with Gasteiger partial charge in [0.1, 0.15) is 17.2 Å². The van der Waals surface area contributed by atoms with Crippen molar-refractivity contribution in [3.63, 3.8) is 0 Å². The lowest BCUT2D eigenvalue weighted by molar-refractivity contribution is -0.123. The van der Waals surface area contributed by atoms with Gasteiger partial charge in [0.2, 0.25) is 5.91 Å². The van der Waals surface area contributed by atoms with Crippen LogP contribution in [0.25, 0.3) is 0 Å². The van der Waals surface area contributed by atoms with Crippen LogP contribution in [-0.4, -0.2) is 62.9 Å². The molecule has 29 heavy (non-hydrogen) atoms. The molecule has 2 N–H and O–H groups in total. The predicted molar refractivity (Wildman–Crippen MR) is 113 cm³/mol. The van der Waals surface area contributed by atoms with Crippen molar-refractivity contribution in [1.29, 1.82) is 0 Å². The number of amides is 1. The van der Waals surface area contributed by atoms with E-state index in [1.807, 2.05) is 43.3 Å². The Morgan fingerprint density at radius 3 is 2.48 bits per heavy atom. The van der Waals surface area contributed by atoms with Crippen molar-refractivity contribution in [2.75, 3.05) is 51.8 Å². The molecule has 1 atom stereocenters. The number of carbonyl (C=O) groups excluding carboxylic acids is 1. The molecule has 7 heteroatoms. The molecule has 1 fully saturated rings. The monoisotopic (exact) mass is 399 g/mol. The maximum Gasteiger partial charge on any atom is 0.234 e. The number of hydrogen-bond acceptors (Lipinski definition) is 6. The average Bonchev–Trinajstić information content (AvgIpc) is 2.74. The maximum absolute atomic E-state index is 12.6. The van der Waals surface area contributed by atoms with Gasteiger partial charge in [-0.3, -0.25) is 9.69 Å². The van der Waals surface area contributed by atoms with E-state index in [9.17, 15) is 9.90 Å². The maximum atomic E-state index is 12.6. The quantitative estimate of drug-likeness (QED) is 0.745. The second kappa shape index (κ2) is 9.52. The number of anilines is 1. The van der Waals surface area contributed by atoms with Crippen molar-refractivity contribution in [3.8, 4) is 17.2 Å². The van der Waals surface area contributed by atoms with Crippen molar-refractivity contribution in [2.24, 2.45) is 0 Å². The van der Waals surface area contributed by atoms with E-state index in [0.717, 1.165) is 48.9 Å². The van der Waals surface area contributed by atoms with Gasteiger partial charge in [-0.05, 0) is 37.3 Å². The van der Waals surface area contributed by atoms with Crippen LogP contribution in [0.3, 0.4) is 0 Å². The molecule has 2 aromatic carbocycles. The Labute approximate surface area is 171 Å². The fraction of sp³-hybridized carbons (Fsp3) is 0.409. The van der Waals surface area contributed by atoms with Gasteiger partial charge in [0, 0.05) is 31.7 Å². The van der Waals surface area contributed by atoms with Crippen LogP contribution >= 0.6 is 0 Å². The molecule has 0 radical (unpaired) electrons. The number of methoxy groups -OCH3 is 2. The van der Waals surface area contributed by atoms with Gasteiger partial charge >= 0.3 is 0 Å². The predicted octanol–water partition coefficient (Wildman–Crippen LogP) is 2.41. The van der Waals surface area contributed by atoms with Crippen LogP contribution in [-0.2, 0) is 4.79 Å². The van der Waals surface area contributed by atoms with E-state index in [0.29, 0.717) is 12.3 Å². The number of piperazine rings is 1. The van der Waals surface area contributed by atoms with Gasteiger partial charge in [0.05, 0.1) is 32.5 Å². The third-order valence-electron chi connectivity index (χ3n) is 5.24. The summed E-state index contributed by atoms with van der Waals surface area (Å²) in [5.41, 5.74) is 1.72. The van der Waals surface area contributed by atoms with Crippen molar-refractivity contribution in [1.82, 2.24) is 10.2 Å². The number of phenolic OH excluding ortho intramolecular Hbond substituents is 1. The van der Waals surface area contributed by atoms with Gasteiger partial charge in [-0.15, -0.1) is 0 Å². The standard InChI is InChI=1S/C22H29N3O4/c1-16(18-14-17(28-2)8-9-21(18)29-3)23-22(27)15-24-10-12-25(13-11-24)19-6-4-5-7-20(19)26/h4-9,14,16,26H,10-13,15H2,1-3H3,(H,23,27). The normalized spacial score (nSPS) is 15.6. The lowest BCUT2D eigenvalue weighted by atomic mass is 10.1. The molecule has 1 amide bonds. The molecule has 7 nitrogen and oxygen atoms in total. The summed E-state index contributed by atoms with van der Waals surface area (Å²) in [6.45, 7) is 5.34. The molecule has 0 spiro atoms. The molecule has 1 aliphatic heterocycles. The molecule has 3 rings (SSSR count). The Hall–Kier alpha value is -2.93. The van der Waals surface area contributed by atoms with Crippen LogP contribution < -0.4 is 19.7 Å². The van der Waals surface area contributed by atoms with Crippen molar-refractivity contribution in [2.45, 2.75) is 13.0 Å². The molecule has 1 aliphatic rings. The Morgan fingerprint density at radius 2 is 1.83 bits per heavy atom. The van der Waals surface area contributed by atoms with E-state index in [1.165, 1.54) is 0 Å². The van der Waals surface area contributed by atoms with Gasteiger partial charge < -0.3 is 24.8 Å². The molecule has 1 heterocycles. The summed E-state index contributed by atoms with van der Waals surface area (Å²) >= 11 is 0. The minimum atomic E-state index is -0.199. The Bertz CT molecular complexity index is 835. The highest BCUT2D eigenvalue weighted by molar-refractivity contribution is 5.78. The fourth-order valence-electron chi connectivity index (χ4n) is 3.62. The first-order valence-electron chi connectivity index (χ1n) is 9.78. The number of aromatic hydroxyl groups is 1. The van der Waals surface area contributed by atoms with E-state index in [4.69, 9.17) is 9.47 Å². The highest BCUT2D eigenvalue weighted by atomic mass is 16.5. The lowest BCUT2D eigenvalue weighted by Gasteiger charge is -2.36. The molecule has 1 unspecified atom stereocenters. The van der Waals surface area contributed by atoms with Crippen LogP contribution in [0.15, 0.2) is 42.5 Å². The van der Waals surface area contributed by atoms with Gasteiger partial charge in [-0.1, -0.05) is 12.1 Å². The molecule has 156 valence electrons. The minimum Gasteiger partial charge on any atom is -0.506 e. The van der Waals surface area contributed by atoms with Crippen molar-refractivity contribution < 1.29 is 19.4 Å². The minimum absolute atomic E-state index is 0.0293. The summed E-state index contributed by atoms with van der Waals surface area (Å²) in [5.74, 6) is 1.70. The summed E-state index contributed by atoms with van der Waals surface area (Å²) in [7, 11) is 3.23. The van der Waals surface area contributed by atoms with Gasteiger partial charge in [0.15, 0.2) is 0 Å². The topological polar surface area (TPSA) is 74.3 Å². The largest absolute Gasteiger partial charge is 0.506 e. The number of hydrogen-bond donors (Lipinski definition) is 2. The Morgan fingerprint density at radius 1 is 1.10 bits per heavy atom. The first-order chi connectivity index (χ1) is 14.0. The number of benzene rings is 2. The van der Waals surface area contributed by atoms with Gasteiger partial charge in [-0.2, -0.15) is 0 Å². The number of carbonyl (C=O) groups is 1. The second-order valence-electron chi connectivity index (χ2n) is 7.15. The number of nitrogens with one attached hydrogen (secondary N) is 1. The second-order valence-corrected chi connectivity index (χ2v) is 7.15. The Balaban J connectivity index is 1.53. The lowest BCUT2D eigenvalue weighted by Crippen LogP contribution is -2.49. The average molecular weight is 399 g/mol. The van der Waals surface area contributed by atoms with Crippen LogP contribution in [0.1, 0.15) is 18.5 Å². The summed E-state index contributed by atoms with van der Waals surface area (Å²) in [4.78, 5) is 16.8. The first kappa shape index (κ1) is 20.8. The third-order valence-corrected chi connectivity index (χ3v) is 5.24. The molecular formula is C22H29N3O4. The highest BCUT2D eigenvalue weighted by Gasteiger charge is 2.22. The van der Waals surface area contributed by atoms with E-state index < -0.39 is 0 Å². The molecule has 2 aromatic rings. The number of nitrogens with zero attached hydrogens (tertiary/aromatic N) is 2.